The van der Waals surface area contributed by atoms with Gasteiger partial charge < -0.3 is 9.88 Å². The number of benzene rings is 1. The Hall–Kier alpha value is -2.60. The molecule has 174 valence electrons. The van der Waals surface area contributed by atoms with Crippen LogP contribution in [0.15, 0.2) is 35.7 Å². The maximum atomic E-state index is 14.1. The molecule has 3 heterocycles. The van der Waals surface area contributed by atoms with Crippen molar-refractivity contribution in [1.29, 1.82) is 0 Å². The number of nitrogens with zero attached hydrogens (tertiary/aromatic N) is 2. The van der Waals surface area contributed by atoms with Gasteiger partial charge in [-0.25, -0.2) is 0 Å². The quantitative estimate of drug-likeness (QED) is 0.543. The molecule has 5 nitrogen and oxygen atoms in total. The van der Waals surface area contributed by atoms with Gasteiger partial charge in [-0.15, -0.1) is 11.3 Å². The van der Waals surface area contributed by atoms with Crippen LogP contribution in [0.5, 0.6) is 0 Å². The lowest BCUT2D eigenvalue weighted by Crippen LogP contribution is -2.66. The van der Waals surface area contributed by atoms with Gasteiger partial charge in [0.25, 0.3) is 5.91 Å². The molecule has 2 aromatic heterocycles. The number of amides is 2. The van der Waals surface area contributed by atoms with Gasteiger partial charge in [0.05, 0.1) is 16.8 Å². The van der Waals surface area contributed by atoms with Crippen LogP contribution in [-0.2, 0) is 11.3 Å². The van der Waals surface area contributed by atoms with Crippen molar-refractivity contribution in [2.24, 2.45) is 11.8 Å². The van der Waals surface area contributed by atoms with Crippen molar-refractivity contribution in [3.8, 4) is 0 Å². The van der Waals surface area contributed by atoms with Gasteiger partial charge in [0.2, 0.25) is 5.91 Å². The van der Waals surface area contributed by atoms with E-state index in [0.29, 0.717) is 24.1 Å². The molecule has 0 spiro atoms. The summed E-state index contributed by atoms with van der Waals surface area (Å²) in [5.41, 5.74) is 3.62. The molecule has 4 atom stereocenters. The summed E-state index contributed by atoms with van der Waals surface area (Å²) in [4.78, 5) is 29.8. The number of hydrogen-bond donors (Lipinski definition) is 1. The van der Waals surface area contributed by atoms with Crippen LogP contribution in [0.1, 0.15) is 61.6 Å². The van der Waals surface area contributed by atoms with Crippen LogP contribution < -0.4 is 10.2 Å². The van der Waals surface area contributed by atoms with Crippen molar-refractivity contribution >= 4 is 39.1 Å². The lowest BCUT2D eigenvalue weighted by Gasteiger charge is -2.46. The highest BCUT2D eigenvalue weighted by molar-refractivity contribution is 7.17. The Morgan fingerprint density at radius 3 is 2.76 bits per heavy atom. The second-order valence-electron chi connectivity index (χ2n) is 10.3. The number of rotatable bonds is 3. The normalized spacial score (nSPS) is 27.6. The van der Waals surface area contributed by atoms with Crippen LogP contribution in [0.4, 0.5) is 5.69 Å². The van der Waals surface area contributed by atoms with E-state index < -0.39 is 5.54 Å². The smallest absolute Gasteiger partial charge is 0.275 e. The lowest BCUT2D eigenvalue weighted by molar-refractivity contribution is -0.128. The minimum atomic E-state index is -1.03. The first kappa shape index (κ1) is 22.2. The van der Waals surface area contributed by atoms with Crippen molar-refractivity contribution in [2.75, 3.05) is 4.90 Å². The third-order valence-electron chi connectivity index (χ3n) is 8.23. The first-order chi connectivity index (χ1) is 15.7. The SMILES string of the molecule is Cc1cccc(N2C(=O)c3cc4sccc4n3CC2(C)C(=O)NC2CCCC(C)C2C)c1C. The fraction of sp³-hybridized carbons (Fsp3) is 0.481. The molecule has 0 radical (unpaired) electrons. The lowest BCUT2D eigenvalue weighted by atomic mass is 9.77. The van der Waals surface area contributed by atoms with E-state index in [0.717, 1.165) is 39.9 Å². The Bertz CT molecular complexity index is 1240. The number of fused-ring (bicyclic) bond motifs is 3. The molecular weight excluding hydrogens is 430 g/mol. The van der Waals surface area contributed by atoms with Gasteiger partial charge in [0.1, 0.15) is 11.2 Å². The molecule has 1 aliphatic heterocycles. The summed E-state index contributed by atoms with van der Waals surface area (Å²) in [6, 6.07) is 10.2. The van der Waals surface area contributed by atoms with Crippen LogP contribution in [0, 0.1) is 25.7 Å². The number of thiophene rings is 1. The van der Waals surface area contributed by atoms with Crippen molar-refractivity contribution in [3.05, 3.63) is 52.5 Å². The van der Waals surface area contributed by atoms with E-state index in [4.69, 9.17) is 0 Å². The number of nitrogens with one attached hydrogen (secondary N) is 1. The standard InChI is InChI=1S/C27H33N3O2S/c1-16-8-6-10-20(18(16)3)28-26(32)27(5)15-29-22-12-13-33-24(22)14-23(29)25(31)30(27)21-11-7-9-17(2)19(21)4/h7,9,11-14,16,18,20H,6,8,10,15H2,1-5H3,(H,28,32). The van der Waals surface area contributed by atoms with Gasteiger partial charge in [-0.05, 0) is 73.7 Å². The molecule has 0 bridgehead atoms. The molecule has 3 aromatic rings. The molecule has 33 heavy (non-hydrogen) atoms. The van der Waals surface area contributed by atoms with E-state index in [-0.39, 0.29) is 17.9 Å². The van der Waals surface area contributed by atoms with Gasteiger partial charge in [0.15, 0.2) is 0 Å². The van der Waals surface area contributed by atoms with E-state index in [9.17, 15) is 9.59 Å². The predicted molar refractivity (Wildman–Crippen MR) is 135 cm³/mol. The Morgan fingerprint density at radius 2 is 1.97 bits per heavy atom. The van der Waals surface area contributed by atoms with Gasteiger partial charge in [-0.3, -0.25) is 14.5 Å². The number of aryl methyl sites for hydroxylation is 1. The van der Waals surface area contributed by atoms with Crippen LogP contribution in [0.25, 0.3) is 10.2 Å². The second-order valence-corrected chi connectivity index (χ2v) is 11.2. The molecule has 1 aromatic carbocycles. The topological polar surface area (TPSA) is 54.3 Å². The Labute approximate surface area is 199 Å². The van der Waals surface area contributed by atoms with Crippen LogP contribution in [0.2, 0.25) is 0 Å². The summed E-state index contributed by atoms with van der Waals surface area (Å²) < 4.78 is 3.13. The zero-order chi connectivity index (χ0) is 23.5. The summed E-state index contributed by atoms with van der Waals surface area (Å²) in [6.45, 7) is 11.0. The zero-order valence-corrected chi connectivity index (χ0v) is 21.0. The average molecular weight is 464 g/mol. The molecule has 6 heteroatoms. The molecule has 1 aliphatic carbocycles. The van der Waals surface area contributed by atoms with Crippen LogP contribution in [0.3, 0.4) is 0 Å². The number of anilines is 1. The molecule has 2 amide bonds. The predicted octanol–water partition coefficient (Wildman–Crippen LogP) is 5.68. The summed E-state index contributed by atoms with van der Waals surface area (Å²) >= 11 is 1.63. The third kappa shape index (κ3) is 3.41. The summed E-state index contributed by atoms with van der Waals surface area (Å²) in [7, 11) is 0. The van der Waals surface area contributed by atoms with Gasteiger partial charge in [0, 0.05) is 11.7 Å². The minimum absolute atomic E-state index is 0.0644. The van der Waals surface area contributed by atoms with Gasteiger partial charge >= 0.3 is 0 Å². The van der Waals surface area contributed by atoms with Crippen molar-refractivity contribution < 1.29 is 9.59 Å². The van der Waals surface area contributed by atoms with E-state index in [1.165, 1.54) is 6.42 Å². The van der Waals surface area contributed by atoms with E-state index in [2.05, 4.69) is 32.2 Å². The Morgan fingerprint density at radius 1 is 1.18 bits per heavy atom. The second kappa shape index (κ2) is 8.01. The maximum absolute atomic E-state index is 14.1. The zero-order valence-electron chi connectivity index (χ0n) is 20.1. The highest BCUT2D eigenvalue weighted by atomic mass is 32.1. The number of carbonyl (C=O) groups is 2. The molecule has 1 saturated carbocycles. The first-order valence-corrected chi connectivity index (χ1v) is 12.9. The fourth-order valence-corrected chi connectivity index (χ4v) is 6.50. The molecule has 0 saturated heterocycles. The number of aromatic nitrogens is 1. The van der Waals surface area contributed by atoms with Crippen molar-refractivity contribution in [2.45, 2.75) is 72.0 Å². The Balaban J connectivity index is 1.61. The van der Waals surface area contributed by atoms with Gasteiger partial charge in [-0.2, -0.15) is 0 Å². The molecule has 1 N–H and O–H groups in total. The molecule has 4 unspecified atom stereocenters. The molecule has 1 fully saturated rings. The van der Waals surface area contributed by atoms with Crippen LogP contribution in [-0.4, -0.2) is 28.0 Å². The highest BCUT2D eigenvalue weighted by Crippen LogP contribution is 2.39. The van der Waals surface area contributed by atoms with E-state index >= 15 is 0 Å². The summed E-state index contributed by atoms with van der Waals surface area (Å²) in [5, 5.41) is 5.43. The molecule has 5 rings (SSSR count). The largest absolute Gasteiger partial charge is 0.351 e. The summed E-state index contributed by atoms with van der Waals surface area (Å²) in [6.07, 6.45) is 3.33. The summed E-state index contributed by atoms with van der Waals surface area (Å²) in [5.74, 6) is 0.832. The number of hydrogen-bond acceptors (Lipinski definition) is 3. The monoisotopic (exact) mass is 463 g/mol. The maximum Gasteiger partial charge on any atom is 0.275 e. The third-order valence-corrected chi connectivity index (χ3v) is 9.09. The van der Waals surface area contributed by atoms with Gasteiger partial charge in [-0.1, -0.05) is 38.8 Å². The molecular formula is C27H33N3O2S. The van der Waals surface area contributed by atoms with Crippen molar-refractivity contribution in [3.63, 3.8) is 0 Å². The highest BCUT2D eigenvalue weighted by Gasteiger charge is 2.50. The van der Waals surface area contributed by atoms with E-state index in [1.54, 1.807) is 16.2 Å². The Kier molecular flexibility index (Phi) is 5.39. The first-order valence-electron chi connectivity index (χ1n) is 12.0. The molecule has 2 aliphatic rings. The van der Waals surface area contributed by atoms with Crippen molar-refractivity contribution in [1.82, 2.24) is 9.88 Å². The van der Waals surface area contributed by atoms with E-state index in [1.807, 2.05) is 48.1 Å². The minimum Gasteiger partial charge on any atom is -0.351 e. The number of carbonyl (C=O) groups excluding carboxylic acids is 2. The van der Waals surface area contributed by atoms with Crippen LogP contribution >= 0.6 is 11.3 Å². The fourth-order valence-electron chi connectivity index (χ4n) is 5.68. The average Bonchev–Trinajstić information content (AvgIpc) is 3.37.